The van der Waals surface area contributed by atoms with Crippen LogP contribution < -0.4 is 0 Å². The van der Waals surface area contributed by atoms with E-state index in [1.165, 1.54) is 0 Å². The van der Waals surface area contributed by atoms with Gasteiger partial charge in [0.2, 0.25) is 0 Å². The summed E-state index contributed by atoms with van der Waals surface area (Å²) >= 11 is 0. The Balaban J connectivity index is 1.46. The van der Waals surface area contributed by atoms with Gasteiger partial charge in [-0.2, -0.15) is 0 Å². The van der Waals surface area contributed by atoms with Gasteiger partial charge in [0.15, 0.2) is 5.78 Å². The summed E-state index contributed by atoms with van der Waals surface area (Å²) in [6.07, 6.45) is 0. The van der Waals surface area contributed by atoms with E-state index in [0.29, 0.717) is 11.1 Å². The molecule has 4 aromatic carbocycles. The largest absolute Gasteiger partial charge is 0.460 e. The fraction of sp³-hybridized carbons (Fsp3) is 0.0714. The fourth-order valence-electron chi connectivity index (χ4n) is 3.50. The second-order valence-electron chi connectivity index (χ2n) is 7.25. The van der Waals surface area contributed by atoms with Crippen molar-refractivity contribution >= 4 is 11.8 Å². The average Bonchev–Trinajstić information content (AvgIpc) is 2.85. The maximum Gasteiger partial charge on any atom is 0.318 e. The van der Waals surface area contributed by atoms with Crippen LogP contribution in [-0.4, -0.2) is 11.8 Å². The highest BCUT2D eigenvalue weighted by atomic mass is 16.5. The first-order chi connectivity index (χ1) is 15.2. The zero-order valence-corrected chi connectivity index (χ0v) is 17.0. The maximum atomic E-state index is 13.0. The van der Waals surface area contributed by atoms with Crippen molar-refractivity contribution in [1.82, 2.24) is 0 Å². The van der Waals surface area contributed by atoms with Crippen LogP contribution in [0.2, 0.25) is 0 Å². The monoisotopic (exact) mass is 406 g/mol. The number of hydrogen-bond acceptors (Lipinski definition) is 3. The molecule has 0 fully saturated rings. The smallest absolute Gasteiger partial charge is 0.318 e. The van der Waals surface area contributed by atoms with Crippen LogP contribution >= 0.6 is 0 Å². The SMILES string of the molecule is O=C(c1ccccc1)c1ccc(COC(=O)C(c2ccccc2)c2ccccc2)cc1. The molecule has 0 saturated heterocycles. The van der Waals surface area contributed by atoms with Crippen molar-refractivity contribution in [1.29, 1.82) is 0 Å². The molecule has 31 heavy (non-hydrogen) atoms. The second kappa shape index (κ2) is 9.68. The lowest BCUT2D eigenvalue weighted by atomic mass is 9.91. The summed E-state index contributed by atoms with van der Waals surface area (Å²) in [6, 6.07) is 35.6. The van der Waals surface area contributed by atoms with E-state index in [4.69, 9.17) is 4.74 Å². The molecule has 0 unspecified atom stereocenters. The molecule has 0 heterocycles. The van der Waals surface area contributed by atoms with E-state index in [9.17, 15) is 9.59 Å². The molecular weight excluding hydrogens is 384 g/mol. The molecule has 0 aromatic heterocycles. The molecule has 0 radical (unpaired) electrons. The third kappa shape index (κ3) is 4.96. The lowest BCUT2D eigenvalue weighted by molar-refractivity contribution is -0.145. The minimum atomic E-state index is -0.485. The molecule has 0 atom stereocenters. The van der Waals surface area contributed by atoms with Crippen LogP contribution in [-0.2, 0) is 16.1 Å². The third-order valence-corrected chi connectivity index (χ3v) is 5.13. The van der Waals surface area contributed by atoms with Gasteiger partial charge in [0.1, 0.15) is 12.5 Å². The molecule has 0 spiro atoms. The lowest BCUT2D eigenvalue weighted by Gasteiger charge is -2.17. The number of esters is 1. The molecule has 3 heteroatoms. The predicted molar refractivity (Wildman–Crippen MR) is 121 cm³/mol. The topological polar surface area (TPSA) is 43.4 Å². The summed E-state index contributed by atoms with van der Waals surface area (Å²) in [6.45, 7) is 0.148. The van der Waals surface area contributed by atoms with Crippen molar-refractivity contribution in [3.05, 3.63) is 143 Å². The summed E-state index contributed by atoms with van der Waals surface area (Å²) in [5.74, 6) is -0.819. The average molecular weight is 406 g/mol. The van der Waals surface area contributed by atoms with E-state index in [1.807, 2.05) is 91.0 Å². The van der Waals surface area contributed by atoms with Gasteiger partial charge in [0.25, 0.3) is 0 Å². The zero-order chi connectivity index (χ0) is 21.5. The van der Waals surface area contributed by atoms with Gasteiger partial charge in [-0.15, -0.1) is 0 Å². The van der Waals surface area contributed by atoms with Crippen molar-refractivity contribution in [3.8, 4) is 0 Å². The molecule has 0 saturated carbocycles. The Morgan fingerprint density at radius 1 is 0.581 bits per heavy atom. The summed E-state index contributed by atoms with van der Waals surface area (Å²) < 4.78 is 5.66. The van der Waals surface area contributed by atoms with Gasteiger partial charge in [-0.05, 0) is 16.7 Å². The van der Waals surface area contributed by atoms with E-state index in [1.54, 1.807) is 24.3 Å². The molecule has 3 nitrogen and oxygen atoms in total. The first kappa shape index (κ1) is 20.3. The molecular formula is C28H22O3. The normalized spacial score (nSPS) is 10.6. The Labute approximate surface area is 181 Å². The molecule has 4 aromatic rings. The van der Waals surface area contributed by atoms with Crippen LogP contribution in [0.15, 0.2) is 115 Å². The Morgan fingerprint density at radius 2 is 1.03 bits per heavy atom. The second-order valence-corrected chi connectivity index (χ2v) is 7.25. The molecule has 0 aliphatic carbocycles. The highest BCUT2D eigenvalue weighted by molar-refractivity contribution is 6.08. The van der Waals surface area contributed by atoms with Gasteiger partial charge in [-0.3, -0.25) is 9.59 Å². The van der Waals surface area contributed by atoms with E-state index in [0.717, 1.165) is 16.7 Å². The Bertz CT molecular complexity index is 1100. The summed E-state index contributed by atoms with van der Waals surface area (Å²) in [5.41, 5.74) is 3.87. The van der Waals surface area contributed by atoms with Gasteiger partial charge in [-0.1, -0.05) is 115 Å². The van der Waals surface area contributed by atoms with Crippen LogP contribution in [0.5, 0.6) is 0 Å². The highest BCUT2D eigenvalue weighted by Gasteiger charge is 2.24. The van der Waals surface area contributed by atoms with Gasteiger partial charge in [-0.25, -0.2) is 0 Å². The number of ketones is 1. The van der Waals surface area contributed by atoms with E-state index in [-0.39, 0.29) is 18.4 Å². The minimum Gasteiger partial charge on any atom is -0.460 e. The Hall–Kier alpha value is -3.98. The third-order valence-electron chi connectivity index (χ3n) is 5.13. The van der Waals surface area contributed by atoms with Gasteiger partial charge in [0.05, 0.1) is 0 Å². The first-order valence-electron chi connectivity index (χ1n) is 10.2. The molecule has 0 bridgehead atoms. The molecule has 0 N–H and O–H groups in total. The molecule has 4 rings (SSSR count). The van der Waals surface area contributed by atoms with Crippen molar-refractivity contribution < 1.29 is 14.3 Å². The Kier molecular flexibility index (Phi) is 6.34. The standard InChI is InChI=1S/C28H22O3/c29-27(24-14-8-3-9-15-24)25-18-16-21(17-19-25)20-31-28(30)26(22-10-4-1-5-11-22)23-12-6-2-7-13-23/h1-19,26H,20H2. The highest BCUT2D eigenvalue weighted by Crippen LogP contribution is 2.26. The van der Waals surface area contributed by atoms with Crippen LogP contribution in [0.3, 0.4) is 0 Å². The van der Waals surface area contributed by atoms with E-state index < -0.39 is 5.92 Å². The molecule has 0 aliphatic rings. The minimum absolute atomic E-state index is 0.0302. The predicted octanol–water partition coefficient (Wildman–Crippen LogP) is 5.79. The molecule has 0 aliphatic heterocycles. The number of benzene rings is 4. The van der Waals surface area contributed by atoms with Crippen molar-refractivity contribution in [2.75, 3.05) is 0 Å². The summed E-state index contributed by atoms with van der Waals surface area (Å²) in [7, 11) is 0. The first-order valence-corrected chi connectivity index (χ1v) is 10.2. The van der Waals surface area contributed by atoms with E-state index in [2.05, 4.69) is 0 Å². The van der Waals surface area contributed by atoms with Crippen molar-refractivity contribution in [3.63, 3.8) is 0 Å². The number of carbonyl (C=O) groups excluding carboxylic acids is 2. The van der Waals surface area contributed by atoms with Gasteiger partial charge in [0, 0.05) is 11.1 Å². The van der Waals surface area contributed by atoms with E-state index >= 15 is 0 Å². The molecule has 152 valence electrons. The lowest BCUT2D eigenvalue weighted by Crippen LogP contribution is -2.17. The van der Waals surface area contributed by atoms with Crippen LogP contribution in [0.4, 0.5) is 0 Å². The van der Waals surface area contributed by atoms with Crippen LogP contribution in [0.25, 0.3) is 0 Å². The van der Waals surface area contributed by atoms with Gasteiger partial charge >= 0.3 is 5.97 Å². The van der Waals surface area contributed by atoms with Gasteiger partial charge < -0.3 is 4.74 Å². The van der Waals surface area contributed by atoms with Crippen LogP contribution in [0, 0.1) is 0 Å². The Morgan fingerprint density at radius 3 is 1.55 bits per heavy atom. The number of hydrogen-bond donors (Lipinski definition) is 0. The zero-order valence-electron chi connectivity index (χ0n) is 17.0. The molecule has 0 amide bonds. The van der Waals surface area contributed by atoms with Crippen molar-refractivity contribution in [2.24, 2.45) is 0 Å². The summed E-state index contributed by atoms with van der Waals surface area (Å²) in [4.78, 5) is 25.5. The van der Waals surface area contributed by atoms with Crippen molar-refractivity contribution in [2.45, 2.75) is 12.5 Å². The van der Waals surface area contributed by atoms with Crippen LogP contribution in [0.1, 0.15) is 38.5 Å². The number of rotatable bonds is 7. The summed E-state index contributed by atoms with van der Waals surface area (Å²) in [5, 5.41) is 0. The fourth-order valence-corrected chi connectivity index (χ4v) is 3.50. The quantitative estimate of drug-likeness (QED) is 0.288. The maximum absolute atomic E-state index is 13.0. The number of carbonyl (C=O) groups is 2. The number of ether oxygens (including phenoxy) is 1.